The van der Waals surface area contributed by atoms with E-state index in [-0.39, 0.29) is 17.4 Å². The lowest BCUT2D eigenvalue weighted by Gasteiger charge is -2.37. The van der Waals surface area contributed by atoms with Gasteiger partial charge in [-0.15, -0.1) is 0 Å². The maximum Gasteiger partial charge on any atom is 0.254 e. The van der Waals surface area contributed by atoms with Crippen LogP contribution in [-0.2, 0) is 9.59 Å². The highest BCUT2D eigenvalue weighted by Gasteiger charge is 2.41. The molecule has 3 aromatic carbocycles. The summed E-state index contributed by atoms with van der Waals surface area (Å²) in [5.41, 5.74) is 4.48. The van der Waals surface area contributed by atoms with Gasteiger partial charge in [-0.05, 0) is 54.7 Å². The van der Waals surface area contributed by atoms with Gasteiger partial charge < -0.3 is 15.4 Å². The molecule has 2 N–H and O–H groups in total. The zero-order valence-electron chi connectivity index (χ0n) is 20.2. The Morgan fingerprint density at radius 2 is 1.64 bits per heavy atom. The molecule has 2 aliphatic rings. The van der Waals surface area contributed by atoms with Crippen molar-refractivity contribution in [1.82, 2.24) is 5.32 Å². The summed E-state index contributed by atoms with van der Waals surface area (Å²) in [5, 5.41) is 6.07. The number of hydrogen-bond donors (Lipinski definition) is 2. The van der Waals surface area contributed by atoms with Gasteiger partial charge in [0.05, 0.1) is 12.8 Å². The first kappa shape index (κ1) is 23.5. The monoisotopic (exact) mass is 482 g/mol. The number of nitrogens with one attached hydrogen (secondary N) is 2. The number of methoxy groups -OCH3 is 1. The quantitative estimate of drug-likeness (QED) is 0.480. The first-order valence-corrected chi connectivity index (χ1v) is 11.9. The summed E-state index contributed by atoms with van der Waals surface area (Å²) in [7, 11) is 1.59. The Balaban J connectivity index is 1.57. The fourth-order valence-corrected chi connectivity index (χ4v) is 5.18. The normalized spacial score (nSPS) is 19.5. The molecular formula is C30H27FN2O3. The number of ketones is 1. The molecule has 1 amide bonds. The molecule has 5 rings (SSSR count). The Bertz CT molecular complexity index is 1380. The van der Waals surface area contributed by atoms with E-state index in [2.05, 4.69) is 10.6 Å². The molecule has 0 saturated carbocycles. The van der Waals surface area contributed by atoms with Crippen molar-refractivity contribution in [3.05, 3.63) is 118 Å². The number of amides is 1. The van der Waals surface area contributed by atoms with Crippen molar-refractivity contribution in [2.45, 2.75) is 31.6 Å². The van der Waals surface area contributed by atoms with Crippen molar-refractivity contribution in [1.29, 1.82) is 0 Å². The Kier molecular flexibility index (Phi) is 6.42. The Morgan fingerprint density at radius 3 is 2.33 bits per heavy atom. The number of anilines is 1. The van der Waals surface area contributed by atoms with E-state index in [0.717, 1.165) is 16.8 Å². The Hall–Kier alpha value is -4.19. The number of ether oxygens (including phenoxy) is 1. The van der Waals surface area contributed by atoms with Crippen LogP contribution in [0, 0.1) is 5.82 Å². The van der Waals surface area contributed by atoms with Crippen LogP contribution in [0.25, 0.3) is 0 Å². The predicted octanol–water partition coefficient (Wildman–Crippen LogP) is 5.83. The third-order valence-corrected chi connectivity index (χ3v) is 6.91. The number of rotatable bonds is 5. The number of benzene rings is 3. The van der Waals surface area contributed by atoms with Crippen molar-refractivity contribution in [2.24, 2.45) is 0 Å². The van der Waals surface area contributed by atoms with Gasteiger partial charge in [-0.2, -0.15) is 0 Å². The molecule has 0 aromatic heterocycles. The van der Waals surface area contributed by atoms with Crippen LogP contribution >= 0.6 is 0 Å². The third kappa shape index (κ3) is 4.42. The molecule has 3 aromatic rings. The SMILES string of the molecule is COc1ccc(C2C(C(=O)Nc3ccccc3F)=C(C)NC3=C2C(=O)CC(c2ccccc2)C3)cc1. The fraction of sp³-hybridized carbons (Fsp3) is 0.200. The summed E-state index contributed by atoms with van der Waals surface area (Å²) >= 11 is 0. The number of hydrogen-bond acceptors (Lipinski definition) is 4. The average molecular weight is 483 g/mol. The van der Waals surface area contributed by atoms with Crippen molar-refractivity contribution in [2.75, 3.05) is 12.4 Å². The van der Waals surface area contributed by atoms with Gasteiger partial charge in [0.15, 0.2) is 5.78 Å². The molecule has 1 aliphatic heterocycles. The summed E-state index contributed by atoms with van der Waals surface area (Å²) in [4.78, 5) is 27.2. The Labute approximate surface area is 209 Å². The van der Waals surface area contributed by atoms with Crippen molar-refractivity contribution >= 4 is 17.4 Å². The van der Waals surface area contributed by atoms with Crippen LogP contribution in [0.2, 0.25) is 0 Å². The van der Waals surface area contributed by atoms with Crippen LogP contribution in [0.1, 0.15) is 42.7 Å². The van der Waals surface area contributed by atoms with E-state index in [4.69, 9.17) is 4.74 Å². The second-order valence-corrected chi connectivity index (χ2v) is 9.14. The zero-order chi connectivity index (χ0) is 25.2. The molecule has 0 fully saturated rings. The minimum absolute atomic E-state index is 0.00196. The molecule has 0 saturated heterocycles. The largest absolute Gasteiger partial charge is 0.497 e. The van der Waals surface area contributed by atoms with Gasteiger partial charge in [-0.1, -0.05) is 54.6 Å². The van der Waals surface area contributed by atoms with Crippen LogP contribution in [0.15, 0.2) is 101 Å². The number of carbonyl (C=O) groups is 2. The van der Waals surface area contributed by atoms with Crippen molar-refractivity contribution < 1.29 is 18.7 Å². The van der Waals surface area contributed by atoms with Gasteiger partial charge in [-0.25, -0.2) is 4.39 Å². The second-order valence-electron chi connectivity index (χ2n) is 9.14. The predicted molar refractivity (Wildman–Crippen MR) is 137 cm³/mol. The molecular weight excluding hydrogens is 455 g/mol. The highest BCUT2D eigenvalue weighted by Crippen LogP contribution is 2.45. The topological polar surface area (TPSA) is 67.4 Å². The molecule has 1 heterocycles. The molecule has 5 nitrogen and oxygen atoms in total. The summed E-state index contributed by atoms with van der Waals surface area (Å²) < 4.78 is 19.6. The van der Waals surface area contributed by atoms with Gasteiger partial charge in [0, 0.05) is 34.9 Å². The first-order valence-electron chi connectivity index (χ1n) is 11.9. The summed E-state index contributed by atoms with van der Waals surface area (Å²) in [6.07, 6.45) is 1.02. The molecule has 2 atom stereocenters. The number of allylic oxidation sites excluding steroid dienone is 3. The van der Waals surface area contributed by atoms with Gasteiger partial charge in [0.2, 0.25) is 0 Å². The maximum absolute atomic E-state index is 14.3. The zero-order valence-corrected chi connectivity index (χ0v) is 20.2. The smallest absolute Gasteiger partial charge is 0.254 e. The van der Waals surface area contributed by atoms with Crippen molar-refractivity contribution in [3.8, 4) is 5.75 Å². The van der Waals surface area contributed by atoms with Gasteiger partial charge >= 0.3 is 0 Å². The highest BCUT2D eigenvalue weighted by molar-refractivity contribution is 6.10. The number of Topliss-reactive ketones (excluding diaryl/α,β-unsaturated/α-hetero) is 1. The third-order valence-electron chi connectivity index (χ3n) is 6.91. The van der Waals surface area contributed by atoms with E-state index in [0.29, 0.717) is 35.4 Å². The minimum atomic E-state index is -0.580. The standard InChI is InChI=1S/C30H27FN2O3/c1-18-27(30(35)33-24-11-7-6-10-23(24)31)28(20-12-14-22(36-2)15-13-20)29-25(32-18)16-21(17-26(29)34)19-8-4-3-5-9-19/h3-15,21,28,32H,16-17H2,1-2H3,(H,33,35). The van der Waals surface area contributed by atoms with Crippen LogP contribution < -0.4 is 15.4 Å². The number of dihydropyridines is 1. The first-order chi connectivity index (χ1) is 17.5. The van der Waals surface area contributed by atoms with Gasteiger partial charge in [-0.3, -0.25) is 9.59 Å². The molecule has 6 heteroatoms. The minimum Gasteiger partial charge on any atom is -0.497 e. The number of para-hydroxylation sites is 1. The lowest BCUT2D eigenvalue weighted by Crippen LogP contribution is -2.37. The second kappa shape index (κ2) is 9.82. The lowest BCUT2D eigenvalue weighted by molar-refractivity contribution is -0.116. The van der Waals surface area contributed by atoms with Crippen molar-refractivity contribution in [3.63, 3.8) is 0 Å². The number of carbonyl (C=O) groups excluding carboxylic acids is 2. The number of halogens is 1. The highest BCUT2D eigenvalue weighted by atomic mass is 19.1. The van der Waals surface area contributed by atoms with E-state index in [1.807, 2.05) is 61.5 Å². The van der Waals surface area contributed by atoms with Crippen LogP contribution in [0.5, 0.6) is 5.75 Å². The fourth-order valence-electron chi connectivity index (χ4n) is 5.18. The average Bonchev–Trinajstić information content (AvgIpc) is 2.89. The van der Waals surface area contributed by atoms with Gasteiger partial charge in [0.1, 0.15) is 11.6 Å². The summed E-state index contributed by atoms with van der Waals surface area (Å²) in [6, 6.07) is 23.4. The van der Waals surface area contributed by atoms with Crippen LogP contribution in [0.4, 0.5) is 10.1 Å². The Morgan fingerprint density at radius 1 is 0.944 bits per heavy atom. The van der Waals surface area contributed by atoms with Gasteiger partial charge in [0.25, 0.3) is 5.91 Å². The molecule has 0 radical (unpaired) electrons. The summed E-state index contributed by atoms with van der Waals surface area (Å²) in [6.45, 7) is 1.83. The van der Waals surface area contributed by atoms with E-state index < -0.39 is 17.6 Å². The van der Waals surface area contributed by atoms with E-state index in [1.165, 1.54) is 12.1 Å². The van der Waals surface area contributed by atoms with E-state index in [9.17, 15) is 14.0 Å². The molecule has 182 valence electrons. The molecule has 0 bridgehead atoms. The maximum atomic E-state index is 14.3. The molecule has 2 unspecified atom stereocenters. The van der Waals surface area contributed by atoms with E-state index >= 15 is 0 Å². The molecule has 0 spiro atoms. The summed E-state index contributed by atoms with van der Waals surface area (Å²) in [5.74, 6) is -0.809. The molecule has 1 aliphatic carbocycles. The van der Waals surface area contributed by atoms with Crippen LogP contribution in [0.3, 0.4) is 0 Å². The van der Waals surface area contributed by atoms with E-state index in [1.54, 1.807) is 19.2 Å². The van der Waals surface area contributed by atoms with Crippen LogP contribution in [-0.4, -0.2) is 18.8 Å². The molecule has 36 heavy (non-hydrogen) atoms. The lowest BCUT2D eigenvalue weighted by atomic mass is 9.71.